The number of hydrogen-bond acceptors (Lipinski definition) is 4. The van der Waals surface area contributed by atoms with E-state index in [9.17, 15) is 17.6 Å². The van der Waals surface area contributed by atoms with Gasteiger partial charge in [-0.15, -0.1) is 0 Å². The highest BCUT2D eigenvalue weighted by molar-refractivity contribution is 7.89. The van der Waals surface area contributed by atoms with Crippen LogP contribution in [0.3, 0.4) is 0 Å². The summed E-state index contributed by atoms with van der Waals surface area (Å²) in [5.74, 6) is -0.485. The normalized spacial score (nSPS) is 17.1. The number of amides is 1. The smallest absolute Gasteiger partial charge is 0.244 e. The summed E-state index contributed by atoms with van der Waals surface area (Å²) < 4.78 is 40.0. The van der Waals surface area contributed by atoms with Crippen molar-refractivity contribution in [1.82, 2.24) is 14.5 Å². The Balaban J connectivity index is 1.52. The van der Waals surface area contributed by atoms with Gasteiger partial charge in [-0.25, -0.2) is 12.8 Å². The molecule has 0 spiro atoms. The molecular weight excluding hydrogens is 417 g/mol. The molecule has 156 valence electrons. The van der Waals surface area contributed by atoms with Crippen molar-refractivity contribution in [3.8, 4) is 0 Å². The maximum Gasteiger partial charge on any atom is 0.244 e. The average molecular weight is 440 g/mol. The van der Waals surface area contributed by atoms with Crippen molar-refractivity contribution in [2.24, 2.45) is 0 Å². The van der Waals surface area contributed by atoms with Gasteiger partial charge in [0.2, 0.25) is 15.9 Å². The molecule has 1 N–H and O–H groups in total. The Bertz CT molecular complexity index is 961. The number of hydrogen-bond donors (Lipinski definition) is 1. The lowest BCUT2D eigenvalue weighted by molar-refractivity contribution is -0.123. The molecule has 1 aliphatic rings. The van der Waals surface area contributed by atoms with E-state index in [1.165, 1.54) is 22.5 Å². The van der Waals surface area contributed by atoms with Gasteiger partial charge in [0.05, 0.1) is 17.6 Å². The number of nitrogens with zero attached hydrogens (tertiary/aromatic N) is 2. The first kappa shape index (κ1) is 21.7. The Morgan fingerprint density at radius 2 is 1.72 bits per heavy atom. The molecule has 1 atom stereocenters. The van der Waals surface area contributed by atoms with Gasteiger partial charge in [0.15, 0.2) is 0 Å². The van der Waals surface area contributed by atoms with Crippen molar-refractivity contribution in [3.05, 3.63) is 64.9 Å². The van der Waals surface area contributed by atoms with Gasteiger partial charge in [-0.05, 0) is 36.8 Å². The lowest BCUT2D eigenvalue weighted by Gasteiger charge is -2.33. The summed E-state index contributed by atoms with van der Waals surface area (Å²) in [6, 6.07) is 12.1. The summed E-state index contributed by atoms with van der Waals surface area (Å²) in [6.07, 6.45) is 0. The second-order valence-electron chi connectivity index (χ2n) is 6.95. The highest BCUT2D eigenvalue weighted by Gasteiger charge is 2.30. The zero-order chi connectivity index (χ0) is 21.0. The zero-order valence-corrected chi connectivity index (χ0v) is 17.6. The molecule has 2 aromatic rings. The minimum atomic E-state index is -3.66. The molecule has 1 amide bonds. The second-order valence-corrected chi connectivity index (χ2v) is 9.26. The van der Waals surface area contributed by atoms with Gasteiger partial charge >= 0.3 is 0 Å². The Morgan fingerprint density at radius 1 is 1.10 bits per heavy atom. The third-order valence-electron chi connectivity index (χ3n) is 4.90. The molecule has 0 saturated carbocycles. The fraction of sp³-hybridized carbons (Fsp3) is 0.350. The Labute approximate surface area is 175 Å². The minimum Gasteiger partial charge on any atom is -0.348 e. The molecule has 1 saturated heterocycles. The number of benzene rings is 2. The Morgan fingerprint density at radius 3 is 2.34 bits per heavy atom. The fourth-order valence-corrected chi connectivity index (χ4v) is 5.16. The SMILES string of the molecule is CC(NC(=O)CN1CCN(S(=O)(=O)c2ccccc2Cl)CC1)c1ccc(F)cc1. The first-order chi connectivity index (χ1) is 13.8. The largest absolute Gasteiger partial charge is 0.348 e. The standard InChI is InChI=1S/C20H23ClFN3O3S/c1-15(16-6-8-17(22)9-7-16)23-20(26)14-24-10-12-25(13-11-24)29(27,28)19-5-3-2-4-18(19)21/h2-9,15H,10-14H2,1H3,(H,23,26). The molecule has 6 nitrogen and oxygen atoms in total. The molecule has 0 aliphatic carbocycles. The molecule has 1 unspecified atom stereocenters. The predicted molar refractivity (Wildman–Crippen MR) is 110 cm³/mol. The Hall–Kier alpha value is -2.00. The van der Waals surface area contributed by atoms with Crippen molar-refractivity contribution in [3.63, 3.8) is 0 Å². The third kappa shape index (κ3) is 5.33. The average Bonchev–Trinajstić information content (AvgIpc) is 2.69. The van der Waals surface area contributed by atoms with Crippen LogP contribution in [0, 0.1) is 5.82 Å². The topological polar surface area (TPSA) is 69.7 Å². The molecule has 1 aliphatic heterocycles. The van der Waals surface area contributed by atoms with Crippen LogP contribution in [-0.2, 0) is 14.8 Å². The second kappa shape index (κ2) is 9.21. The van der Waals surface area contributed by atoms with E-state index in [0.29, 0.717) is 13.1 Å². The summed E-state index contributed by atoms with van der Waals surface area (Å²) >= 11 is 6.04. The van der Waals surface area contributed by atoms with Crippen LogP contribution in [0.4, 0.5) is 4.39 Å². The van der Waals surface area contributed by atoms with Crippen molar-refractivity contribution in [2.75, 3.05) is 32.7 Å². The summed E-state index contributed by atoms with van der Waals surface area (Å²) in [6.45, 7) is 3.47. The van der Waals surface area contributed by atoms with E-state index in [4.69, 9.17) is 11.6 Å². The molecule has 2 aromatic carbocycles. The summed E-state index contributed by atoms with van der Waals surface area (Å²) in [5, 5.41) is 3.08. The zero-order valence-electron chi connectivity index (χ0n) is 16.0. The quantitative estimate of drug-likeness (QED) is 0.751. The van der Waals surface area contributed by atoms with Crippen LogP contribution in [0.2, 0.25) is 5.02 Å². The predicted octanol–water partition coefficient (Wildman–Crippen LogP) is 2.66. The van der Waals surface area contributed by atoms with Crippen molar-refractivity contribution < 1.29 is 17.6 Å². The molecule has 1 heterocycles. The van der Waals surface area contributed by atoms with Crippen LogP contribution in [0.15, 0.2) is 53.4 Å². The first-order valence-electron chi connectivity index (χ1n) is 9.29. The van der Waals surface area contributed by atoms with Crippen LogP contribution >= 0.6 is 11.6 Å². The van der Waals surface area contributed by atoms with Gasteiger partial charge in [-0.2, -0.15) is 4.31 Å². The molecule has 0 radical (unpaired) electrons. The summed E-state index contributed by atoms with van der Waals surface area (Å²) in [7, 11) is -3.66. The molecule has 3 rings (SSSR count). The van der Waals surface area contributed by atoms with E-state index in [-0.39, 0.29) is 47.3 Å². The van der Waals surface area contributed by atoms with Crippen molar-refractivity contribution in [1.29, 1.82) is 0 Å². The highest BCUT2D eigenvalue weighted by atomic mass is 35.5. The number of halogens is 2. The maximum atomic E-state index is 13.0. The number of carbonyl (C=O) groups excluding carboxylic acids is 1. The fourth-order valence-electron chi connectivity index (χ4n) is 3.25. The van der Waals surface area contributed by atoms with Crippen LogP contribution in [-0.4, -0.2) is 56.3 Å². The monoisotopic (exact) mass is 439 g/mol. The van der Waals surface area contributed by atoms with Crippen molar-refractivity contribution >= 4 is 27.5 Å². The van der Waals surface area contributed by atoms with Gasteiger partial charge < -0.3 is 5.32 Å². The highest BCUT2D eigenvalue weighted by Crippen LogP contribution is 2.25. The summed E-state index contributed by atoms with van der Waals surface area (Å²) in [4.78, 5) is 14.3. The number of rotatable bonds is 6. The van der Waals surface area contributed by atoms with E-state index in [1.54, 1.807) is 30.3 Å². The van der Waals surface area contributed by atoms with E-state index in [2.05, 4.69) is 5.32 Å². The number of sulfonamides is 1. The molecule has 29 heavy (non-hydrogen) atoms. The van der Waals surface area contributed by atoms with Crippen LogP contribution in [0.5, 0.6) is 0 Å². The lowest BCUT2D eigenvalue weighted by atomic mass is 10.1. The summed E-state index contributed by atoms with van der Waals surface area (Å²) in [5.41, 5.74) is 0.815. The van der Waals surface area contributed by atoms with Crippen molar-refractivity contribution in [2.45, 2.75) is 17.9 Å². The van der Waals surface area contributed by atoms with E-state index >= 15 is 0 Å². The van der Waals surface area contributed by atoms with Gasteiger partial charge in [-0.3, -0.25) is 9.69 Å². The molecule has 0 aromatic heterocycles. The molecule has 1 fully saturated rings. The van der Waals surface area contributed by atoms with Crippen LogP contribution in [0.1, 0.15) is 18.5 Å². The van der Waals surface area contributed by atoms with E-state index < -0.39 is 10.0 Å². The first-order valence-corrected chi connectivity index (χ1v) is 11.1. The van der Waals surface area contributed by atoms with Crippen LogP contribution < -0.4 is 5.32 Å². The maximum absolute atomic E-state index is 13.0. The number of nitrogens with one attached hydrogen (secondary N) is 1. The lowest BCUT2D eigenvalue weighted by Crippen LogP contribution is -2.51. The van der Waals surface area contributed by atoms with Crippen LogP contribution in [0.25, 0.3) is 0 Å². The van der Waals surface area contributed by atoms with Gasteiger partial charge in [0.1, 0.15) is 10.7 Å². The minimum absolute atomic E-state index is 0.0981. The Kier molecular flexibility index (Phi) is 6.89. The van der Waals surface area contributed by atoms with Gasteiger partial charge in [0, 0.05) is 26.2 Å². The molecule has 9 heteroatoms. The van der Waals surface area contributed by atoms with Gasteiger partial charge in [-0.1, -0.05) is 35.9 Å². The third-order valence-corrected chi connectivity index (χ3v) is 7.30. The molecule has 0 bridgehead atoms. The van der Waals surface area contributed by atoms with E-state index in [0.717, 1.165) is 5.56 Å². The number of piperazine rings is 1. The van der Waals surface area contributed by atoms with Gasteiger partial charge in [0.25, 0.3) is 0 Å². The number of carbonyl (C=O) groups is 1. The molecular formula is C20H23ClFN3O3S. The van der Waals surface area contributed by atoms with E-state index in [1.807, 2.05) is 11.8 Å².